The van der Waals surface area contributed by atoms with E-state index in [1.807, 2.05) is 30.7 Å². The molecule has 0 saturated heterocycles. The van der Waals surface area contributed by atoms with E-state index < -0.39 is 0 Å². The van der Waals surface area contributed by atoms with Crippen molar-refractivity contribution in [1.82, 2.24) is 15.0 Å². The van der Waals surface area contributed by atoms with Crippen molar-refractivity contribution < 1.29 is 0 Å². The molecule has 5 rings (SSSR count). The molecule has 2 aliphatic heterocycles. The Kier molecular flexibility index (Phi) is 3.28. The number of pyridine rings is 1. The van der Waals surface area contributed by atoms with Gasteiger partial charge in [0.25, 0.3) is 0 Å². The number of hydrogen-bond acceptors (Lipinski definition) is 5. The Bertz CT molecular complexity index is 971. The summed E-state index contributed by atoms with van der Waals surface area (Å²) in [6.07, 6.45) is 9.36. The maximum atomic E-state index is 4.63. The van der Waals surface area contributed by atoms with E-state index in [-0.39, 0.29) is 12.1 Å². The first-order valence-electron chi connectivity index (χ1n) is 8.81. The van der Waals surface area contributed by atoms with Gasteiger partial charge in [0.05, 0.1) is 6.20 Å². The molecule has 2 aromatic heterocycles. The highest BCUT2D eigenvalue weighted by atomic mass is 15.5. The van der Waals surface area contributed by atoms with Gasteiger partial charge in [-0.1, -0.05) is 31.2 Å². The van der Waals surface area contributed by atoms with Gasteiger partial charge in [-0.15, -0.1) is 6.58 Å². The van der Waals surface area contributed by atoms with Gasteiger partial charge in [0.1, 0.15) is 18.2 Å². The van der Waals surface area contributed by atoms with Crippen LogP contribution >= 0.6 is 0 Å². The smallest absolute Gasteiger partial charge is 0.162 e. The number of aromatic nitrogens is 3. The lowest BCUT2D eigenvalue weighted by molar-refractivity contribution is 0.409. The van der Waals surface area contributed by atoms with Crippen LogP contribution in [0.25, 0.3) is 0 Å². The Morgan fingerprint density at radius 2 is 1.81 bits per heavy atom. The highest BCUT2D eigenvalue weighted by molar-refractivity contribution is 5.87. The summed E-state index contributed by atoms with van der Waals surface area (Å²) in [6, 6.07) is 12.6. The zero-order valence-corrected chi connectivity index (χ0v) is 14.5. The van der Waals surface area contributed by atoms with Gasteiger partial charge in [-0.2, -0.15) is 0 Å². The van der Waals surface area contributed by atoms with Gasteiger partial charge in [0.2, 0.25) is 0 Å². The lowest BCUT2D eigenvalue weighted by Gasteiger charge is -2.44. The average molecular weight is 341 g/mol. The lowest BCUT2D eigenvalue weighted by Crippen LogP contribution is -2.48. The van der Waals surface area contributed by atoms with Crippen LogP contribution in [0.2, 0.25) is 0 Å². The predicted molar refractivity (Wildman–Crippen MR) is 103 cm³/mol. The first-order valence-corrected chi connectivity index (χ1v) is 8.81. The summed E-state index contributed by atoms with van der Waals surface area (Å²) in [5.74, 6) is 1.53. The summed E-state index contributed by atoms with van der Waals surface area (Å²) in [6.45, 7) is 6.40. The van der Waals surface area contributed by atoms with E-state index in [2.05, 4.69) is 68.6 Å². The zero-order valence-electron chi connectivity index (χ0n) is 14.5. The number of hydrogen-bond donors (Lipinski definition) is 0. The summed E-state index contributed by atoms with van der Waals surface area (Å²) in [5, 5.41) is 0. The van der Waals surface area contributed by atoms with Crippen LogP contribution in [-0.2, 0) is 0 Å². The predicted octanol–water partition coefficient (Wildman–Crippen LogP) is 4.41. The van der Waals surface area contributed by atoms with Crippen LogP contribution in [0.1, 0.15) is 18.4 Å². The van der Waals surface area contributed by atoms with Crippen molar-refractivity contribution in [2.45, 2.75) is 19.0 Å². The molecule has 0 N–H and O–H groups in total. The Morgan fingerprint density at radius 1 is 1.00 bits per heavy atom. The minimum atomic E-state index is 0.113. The van der Waals surface area contributed by atoms with Crippen LogP contribution in [0.15, 0.2) is 74.0 Å². The fourth-order valence-corrected chi connectivity index (χ4v) is 4.38. The number of para-hydroxylation sites is 1. The van der Waals surface area contributed by atoms with Crippen LogP contribution in [-0.4, -0.2) is 21.1 Å². The fraction of sp³-hybridized carbons (Fsp3) is 0.190. The van der Waals surface area contributed by atoms with Crippen molar-refractivity contribution in [1.29, 1.82) is 0 Å². The molecule has 5 heteroatoms. The third kappa shape index (κ3) is 1.94. The van der Waals surface area contributed by atoms with Crippen LogP contribution in [0, 0.1) is 5.92 Å². The summed E-state index contributed by atoms with van der Waals surface area (Å²) in [7, 11) is 0. The van der Waals surface area contributed by atoms with Crippen molar-refractivity contribution in [3.05, 3.63) is 79.5 Å². The molecule has 4 heterocycles. The van der Waals surface area contributed by atoms with E-state index in [1.165, 1.54) is 11.3 Å². The average Bonchev–Trinajstić information content (AvgIpc) is 3.05. The van der Waals surface area contributed by atoms with Crippen molar-refractivity contribution in [3.8, 4) is 0 Å². The summed E-state index contributed by atoms with van der Waals surface area (Å²) in [5.41, 5.74) is 4.63. The van der Waals surface area contributed by atoms with Crippen molar-refractivity contribution in [2.75, 3.05) is 9.80 Å². The van der Waals surface area contributed by atoms with Crippen molar-refractivity contribution in [2.24, 2.45) is 5.92 Å². The van der Waals surface area contributed by atoms with Gasteiger partial charge >= 0.3 is 0 Å². The largest absolute Gasteiger partial charge is 0.315 e. The summed E-state index contributed by atoms with van der Waals surface area (Å²) >= 11 is 0. The number of anilines is 4. The SMILES string of the molecule is C=CC1c2ccccc2N2c3cncnc3N(c3ccncc3)C2C1C. The van der Waals surface area contributed by atoms with E-state index in [0.717, 1.165) is 17.2 Å². The standard InChI is InChI=1S/C21H19N5/c1-3-16-14(2)21-25(15-8-10-22-11-9-15)20-19(12-23-13-24-20)26(21)18-7-5-4-6-17(16)18/h3-14,16,21H,1H2,2H3. The molecular weight excluding hydrogens is 322 g/mol. The Labute approximate surface area is 152 Å². The Morgan fingerprint density at radius 3 is 2.62 bits per heavy atom. The molecule has 26 heavy (non-hydrogen) atoms. The second kappa shape index (κ2) is 5.66. The lowest BCUT2D eigenvalue weighted by atomic mass is 9.80. The first-order chi connectivity index (χ1) is 12.8. The molecule has 3 atom stereocenters. The highest BCUT2D eigenvalue weighted by Crippen LogP contribution is 2.54. The monoisotopic (exact) mass is 341 g/mol. The van der Waals surface area contributed by atoms with Crippen LogP contribution in [0.3, 0.4) is 0 Å². The zero-order chi connectivity index (χ0) is 17.7. The topological polar surface area (TPSA) is 45.2 Å². The van der Waals surface area contributed by atoms with Crippen LogP contribution in [0.5, 0.6) is 0 Å². The molecule has 0 aliphatic carbocycles. The van der Waals surface area contributed by atoms with Gasteiger partial charge < -0.3 is 9.80 Å². The summed E-state index contributed by atoms with van der Waals surface area (Å²) < 4.78 is 0. The van der Waals surface area contributed by atoms with E-state index in [9.17, 15) is 0 Å². The molecule has 0 amide bonds. The number of fused-ring (bicyclic) bond motifs is 5. The van der Waals surface area contributed by atoms with E-state index in [4.69, 9.17) is 0 Å². The molecule has 3 unspecified atom stereocenters. The number of benzene rings is 1. The maximum absolute atomic E-state index is 4.63. The minimum absolute atomic E-state index is 0.113. The van der Waals surface area contributed by atoms with Crippen LogP contribution < -0.4 is 9.80 Å². The van der Waals surface area contributed by atoms with E-state index in [1.54, 1.807) is 6.33 Å². The van der Waals surface area contributed by atoms with Gasteiger partial charge in [-0.25, -0.2) is 9.97 Å². The molecule has 0 radical (unpaired) electrons. The van der Waals surface area contributed by atoms with Crippen LogP contribution in [0.4, 0.5) is 22.9 Å². The van der Waals surface area contributed by atoms with Crippen molar-refractivity contribution >= 4 is 22.9 Å². The summed E-state index contributed by atoms with van der Waals surface area (Å²) in [4.78, 5) is 17.8. The van der Waals surface area contributed by atoms with Crippen molar-refractivity contribution in [3.63, 3.8) is 0 Å². The molecule has 0 saturated carbocycles. The number of nitrogens with zero attached hydrogens (tertiary/aromatic N) is 5. The van der Waals surface area contributed by atoms with Gasteiger partial charge in [0, 0.05) is 35.6 Å². The first kappa shape index (κ1) is 15.1. The number of rotatable bonds is 2. The molecule has 0 bridgehead atoms. The van der Waals surface area contributed by atoms with E-state index in [0.29, 0.717) is 5.92 Å². The van der Waals surface area contributed by atoms with Gasteiger partial charge in [-0.3, -0.25) is 4.98 Å². The molecule has 0 spiro atoms. The van der Waals surface area contributed by atoms with Gasteiger partial charge in [0.15, 0.2) is 5.82 Å². The normalized spacial score (nSPS) is 23.2. The molecule has 0 fully saturated rings. The molecular formula is C21H19N5. The molecule has 5 nitrogen and oxygen atoms in total. The fourth-order valence-electron chi connectivity index (χ4n) is 4.38. The second-order valence-electron chi connectivity index (χ2n) is 6.77. The van der Waals surface area contributed by atoms with E-state index >= 15 is 0 Å². The highest BCUT2D eigenvalue weighted by Gasteiger charge is 2.48. The Hall–Kier alpha value is -3.21. The van der Waals surface area contributed by atoms with Gasteiger partial charge in [-0.05, 0) is 23.8 Å². The molecule has 2 aliphatic rings. The molecule has 128 valence electrons. The maximum Gasteiger partial charge on any atom is 0.162 e. The molecule has 3 aromatic rings. The minimum Gasteiger partial charge on any atom is -0.315 e. The second-order valence-corrected chi connectivity index (χ2v) is 6.77. The third-order valence-electron chi connectivity index (χ3n) is 5.48. The molecule has 1 aromatic carbocycles. The number of allylic oxidation sites excluding steroid dienone is 1. The third-order valence-corrected chi connectivity index (χ3v) is 5.48. The quantitative estimate of drug-likeness (QED) is 0.646. The Balaban J connectivity index is 1.78.